The van der Waals surface area contributed by atoms with Crippen molar-refractivity contribution in [3.8, 4) is 11.4 Å². The Morgan fingerprint density at radius 3 is 1.95 bits per heavy atom. The van der Waals surface area contributed by atoms with Crippen LogP contribution in [-0.4, -0.2) is 47.9 Å². The topological polar surface area (TPSA) is 53.5 Å². The lowest BCUT2D eigenvalue weighted by molar-refractivity contribution is -0.530. The molecule has 2 aromatic rings. The van der Waals surface area contributed by atoms with Gasteiger partial charge in [-0.3, -0.25) is 0 Å². The van der Waals surface area contributed by atoms with Gasteiger partial charge in [-0.2, -0.15) is 26.3 Å². The summed E-state index contributed by atoms with van der Waals surface area (Å²) in [5.74, 6) is 0.534. The fraction of sp³-hybridized carbons (Fsp3) is 0.615. The molecule has 0 radical (unpaired) electrons. The van der Waals surface area contributed by atoms with Crippen LogP contribution in [0.1, 0.15) is 63.0 Å². The van der Waals surface area contributed by atoms with Crippen molar-refractivity contribution in [1.29, 1.82) is 0 Å². The maximum absolute atomic E-state index is 13.6. The third-order valence-corrected chi connectivity index (χ3v) is 5.70. The summed E-state index contributed by atoms with van der Waals surface area (Å²) in [7, 11) is 0. The van der Waals surface area contributed by atoms with Crippen LogP contribution < -0.4 is 0 Å². The van der Waals surface area contributed by atoms with Gasteiger partial charge >= 0.3 is 24.7 Å². The van der Waals surface area contributed by atoms with Gasteiger partial charge in [-0.15, -0.1) is 13.2 Å². The van der Waals surface area contributed by atoms with E-state index in [4.69, 9.17) is 0 Å². The van der Waals surface area contributed by atoms with Crippen LogP contribution in [0.2, 0.25) is 0 Å². The zero-order valence-electron chi connectivity index (χ0n) is 21.8. The van der Waals surface area contributed by atoms with Crippen molar-refractivity contribution in [3.05, 3.63) is 47.8 Å². The average molecular weight is 591 g/mol. The van der Waals surface area contributed by atoms with E-state index in [0.29, 0.717) is 12.2 Å². The molecule has 0 N–H and O–H groups in total. The van der Waals surface area contributed by atoms with Crippen molar-refractivity contribution < 1.29 is 53.7 Å². The van der Waals surface area contributed by atoms with Crippen LogP contribution in [0.4, 0.5) is 39.5 Å². The maximum atomic E-state index is 13.6. The Morgan fingerprint density at radius 2 is 1.30 bits per heavy atom. The van der Waals surface area contributed by atoms with E-state index in [0.717, 1.165) is 61.6 Å². The van der Waals surface area contributed by atoms with Gasteiger partial charge in [-0.05, 0) is 48.9 Å². The molecule has 0 aliphatic heterocycles. The second-order valence-corrected chi connectivity index (χ2v) is 9.05. The van der Waals surface area contributed by atoms with Crippen LogP contribution in [0.5, 0.6) is 0 Å². The highest BCUT2D eigenvalue weighted by atomic mass is 19.4. The summed E-state index contributed by atoms with van der Waals surface area (Å²) in [5, 5.41) is 0. The molecule has 1 aromatic heterocycles. The summed E-state index contributed by atoms with van der Waals surface area (Å²) < 4.78 is 125. The molecule has 1 heterocycles. The molecule has 0 saturated heterocycles. The van der Waals surface area contributed by atoms with E-state index < -0.39 is 31.3 Å². The molecule has 0 amide bonds. The number of rotatable bonds is 18. The average Bonchev–Trinajstić information content (AvgIpc) is 2.85. The van der Waals surface area contributed by atoms with Crippen LogP contribution in [0.15, 0.2) is 36.7 Å². The van der Waals surface area contributed by atoms with Crippen LogP contribution in [0.3, 0.4) is 0 Å². The monoisotopic (exact) mass is 590 g/mol. The molecule has 0 aliphatic rings. The summed E-state index contributed by atoms with van der Waals surface area (Å²) in [6, 6.07) is 7.29. The maximum Gasteiger partial charge on any atom is 0.527 e. The van der Waals surface area contributed by atoms with E-state index in [1.165, 1.54) is 0 Å². The lowest BCUT2D eigenvalue weighted by atomic mass is 9.95. The molecule has 0 unspecified atom stereocenters. The van der Waals surface area contributed by atoms with Crippen LogP contribution in [-0.2, 0) is 27.1 Å². The first-order chi connectivity index (χ1) is 18.7. The third-order valence-electron chi connectivity index (χ3n) is 5.70. The lowest BCUT2D eigenvalue weighted by Crippen LogP contribution is -2.51. The lowest BCUT2D eigenvalue weighted by Gasteiger charge is -2.29. The van der Waals surface area contributed by atoms with Crippen LogP contribution in [0.25, 0.3) is 11.4 Å². The number of unbranched alkanes of at least 4 members (excludes halogenated alkanes) is 5. The Kier molecular flexibility index (Phi) is 12.6. The van der Waals surface area contributed by atoms with Gasteiger partial charge in [0.05, 0.1) is 0 Å². The number of alkyl halides is 9. The molecule has 0 fully saturated rings. The van der Waals surface area contributed by atoms with Crippen molar-refractivity contribution in [2.45, 2.75) is 89.4 Å². The smallest absolute Gasteiger partial charge is 0.372 e. The second-order valence-electron chi connectivity index (χ2n) is 9.05. The number of hydrogen-bond acceptors (Lipinski definition) is 5. The van der Waals surface area contributed by atoms with Gasteiger partial charge in [-0.25, -0.2) is 19.4 Å². The first-order valence-corrected chi connectivity index (χ1v) is 12.7. The number of benzene rings is 1. The van der Waals surface area contributed by atoms with Gasteiger partial charge < -0.3 is 4.74 Å². The highest BCUT2D eigenvalue weighted by molar-refractivity contribution is 5.57. The summed E-state index contributed by atoms with van der Waals surface area (Å²) in [5.41, 5.74) is 2.70. The fourth-order valence-corrected chi connectivity index (χ4v) is 3.82. The van der Waals surface area contributed by atoms with E-state index in [1.54, 1.807) is 18.5 Å². The Hall–Kier alpha value is -2.45. The number of hydrogen-bond donors (Lipinski definition) is 0. The molecule has 0 saturated carbocycles. The molecule has 0 atom stereocenters. The largest absolute Gasteiger partial charge is 0.527 e. The number of nitrogens with zero attached hydrogens (tertiary/aromatic N) is 2. The minimum atomic E-state index is -6.39. The molecule has 5 nitrogen and oxygen atoms in total. The molecule has 0 spiro atoms. The third kappa shape index (κ3) is 11.6. The number of aromatic nitrogens is 2. The van der Waals surface area contributed by atoms with Gasteiger partial charge in [-0.1, -0.05) is 51.2 Å². The molecule has 14 heteroatoms. The highest BCUT2D eigenvalue weighted by Gasteiger charge is 2.67. The van der Waals surface area contributed by atoms with E-state index in [1.807, 2.05) is 22.9 Å². The SMILES string of the molecule is CCCCCCCCc1cc(-c2ncccn2)ccc1CCCOCC(F)(F)OC(F)(F)C(F)(F)OC(F)(F)F. The summed E-state index contributed by atoms with van der Waals surface area (Å²) in [6.07, 6.45) is -12.9. The quantitative estimate of drug-likeness (QED) is 0.129. The highest BCUT2D eigenvalue weighted by Crippen LogP contribution is 2.43. The summed E-state index contributed by atoms with van der Waals surface area (Å²) >= 11 is 0. The molecular formula is C26H31F9N2O3. The predicted octanol–water partition coefficient (Wildman–Crippen LogP) is 8.33. The van der Waals surface area contributed by atoms with Crippen molar-refractivity contribution >= 4 is 0 Å². The molecule has 1 aromatic carbocycles. The van der Waals surface area contributed by atoms with Crippen molar-refractivity contribution in [1.82, 2.24) is 9.97 Å². The Balaban J connectivity index is 1.93. The second kappa shape index (κ2) is 15.0. The van der Waals surface area contributed by atoms with Crippen LogP contribution in [0, 0.1) is 0 Å². The van der Waals surface area contributed by atoms with Crippen LogP contribution >= 0.6 is 0 Å². The van der Waals surface area contributed by atoms with E-state index >= 15 is 0 Å². The Bertz CT molecular complexity index is 1020. The van der Waals surface area contributed by atoms with E-state index in [-0.39, 0.29) is 13.0 Å². The molecule has 2 rings (SSSR count). The zero-order chi connectivity index (χ0) is 29.9. The molecule has 226 valence electrons. The molecule has 0 aliphatic carbocycles. The van der Waals surface area contributed by atoms with Crippen molar-refractivity contribution in [3.63, 3.8) is 0 Å². The normalized spacial score (nSPS) is 13.2. The fourth-order valence-electron chi connectivity index (χ4n) is 3.82. The van der Waals surface area contributed by atoms with Crippen molar-refractivity contribution in [2.24, 2.45) is 0 Å². The molecule has 0 bridgehead atoms. The van der Waals surface area contributed by atoms with Gasteiger partial charge in [0.1, 0.15) is 6.61 Å². The van der Waals surface area contributed by atoms with Gasteiger partial charge in [0.2, 0.25) is 0 Å². The van der Waals surface area contributed by atoms with E-state index in [9.17, 15) is 39.5 Å². The molecular weight excluding hydrogens is 559 g/mol. The van der Waals surface area contributed by atoms with E-state index in [2.05, 4.69) is 26.4 Å². The number of ether oxygens (including phenoxy) is 3. The zero-order valence-corrected chi connectivity index (χ0v) is 21.8. The summed E-state index contributed by atoms with van der Waals surface area (Å²) in [6.45, 7) is -0.151. The Morgan fingerprint density at radius 1 is 0.700 bits per heavy atom. The summed E-state index contributed by atoms with van der Waals surface area (Å²) in [4.78, 5) is 8.48. The van der Waals surface area contributed by atoms with Gasteiger partial charge in [0.15, 0.2) is 5.82 Å². The minimum absolute atomic E-state index is 0.157. The van der Waals surface area contributed by atoms with Crippen molar-refractivity contribution in [2.75, 3.05) is 13.2 Å². The first-order valence-electron chi connectivity index (χ1n) is 12.7. The predicted molar refractivity (Wildman–Crippen MR) is 127 cm³/mol. The van der Waals surface area contributed by atoms with Gasteiger partial charge in [0, 0.05) is 24.6 Å². The standard InChI is InChI=1S/C26H31F9N2O3/c1-2-3-4-5-6-7-10-20-17-21(22-36-14-9-15-37-22)13-12-19(20)11-8-16-38-18-23(27,28)39-24(29,30)25(31,32)40-26(33,34)35/h9,12-15,17H,2-8,10-11,16,18H2,1H3. The van der Waals surface area contributed by atoms with Gasteiger partial charge in [0.25, 0.3) is 0 Å². The Labute approximate surface area is 226 Å². The number of halogens is 9. The minimum Gasteiger partial charge on any atom is -0.372 e. The number of aryl methyl sites for hydroxylation is 2. The molecule has 40 heavy (non-hydrogen) atoms. The first kappa shape index (κ1) is 33.8.